The second kappa shape index (κ2) is 19.4. The van der Waals surface area contributed by atoms with Crippen LogP contribution in [-0.4, -0.2) is 0 Å². The second-order valence-corrected chi connectivity index (χ2v) is 10.6. The number of anilines is 2. The monoisotopic (exact) mass is 768 g/mol. The number of para-hydroxylation sites is 2. The Balaban J connectivity index is 0.000000397. The molecule has 0 saturated carbocycles. The number of fused-ring (bicyclic) bond motifs is 2. The molecular weight excluding hydrogens is 718 g/mol. The molecule has 40 heavy (non-hydrogen) atoms. The number of aryl methyl sites for hydroxylation is 4. The molecule has 0 aliphatic rings. The Bertz CT molecular complexity index is 1310. The van der Waals surface area contributed by atoms with Gasteiger partial charge in [0.2, 0.25) is 11.0 Å². The maximum absolute atomic E-state index is 6.15. The smallest absolute Gasteiger partial charge is 0.214 e. The summed E-state index contributed by atoms with van der Waals surface area (Å²) in [6.45, 7) is 10.9. The van der Waals surface area contributed by atoms with Gasteiger partial charge in [0.25, 0.3) is 0 Å². The van der Waals surface area contributed by atoms with Crippen molar-refractivity contribution in [3.8, 4) is 0 Å². The molecule has 4 nitrogen and oxygen atoms in total. The zero-order valence-electron chi connectivity index (χ0n) is 25.1. The minimum Gasteiger partial charge on any atom is -1.00 e. The summed E-state index contributed by atoms with van der Waals surface area (Å²) < 4.78 is 4.78. The summed E-state index contributed by atoms with van der Waals surface area (Å²) in [5.41, 5.74) is 19.0. The number of halogens is 2. The Morgan fingerprint density at radius 2 is 0.900 bits per heavy atom. The lowest BCUT2D eigenvalue weighted by Crippen LogP contribution is -3.00. The van der Waals surface area contributed by atoms with Crippen LogP contribution in [0.5, 0.6) is 0 Å². The van der Waals surface area contributed by atoms with Crippen molar-refractivity contribution in [3.63, 3.8) is 0 Å². The highest BCUT2D eigenvalue weighted by Crippen LogP contribution is 2.20. The summed E-state index contributed by atoms with van der Waals surface area (Å²) in [5.74, 6) is 0. The molecule has 0 fully saturated rings. The van der Waals surface area contributed by atoms with Crippen molar-refractivity contribution < 1.29 is 57.1 Å². The minimum absolute atomic E-state index is 0. The van der Waals surface area contributed by atoms with E-state index < -0.39 is 0 Å². The van der Waals surface area contributed by atoms with Crippen molar-refractivity contribution in [2.75, 3.05) is 11.5 Å². The number of rotatable bonds is 12. The molecule has 2 heterocycles. The molecule has 220 valence electrons. The molecule has 0 atom stereocenters. The Hall–Kier alpha value is -1.68. The largest absolute Gasteiger partial charge is 1.00 e. The van der Waals surface area contributed by atoms with Crippen molar-refractivity contribution in [2.24, 2.45) is 0 Å². The predicted molar refractivity (Wildman–Crippen MR) is 164 cm³/mol. The van der Waals surface area contributed by atoms with Gasteiger partial charge in [-0.1, -0.05) is 83.1 Å². The van der Waals surface area contributed by atoms with Gasteiger partial charge in [-0.05, 0) is 18.6 Å². The summed E-state index contributed by atoms with van der Waals surface area (Å²) in [5, 5.41) is 2.33. The summed E-state index contributed by atoms with van der Waals surface area (Å²) in [4.78, 5) is 0. The lowest BCUT2D eigenvalue weighted by Gasteiger charge is -2.07. The molecule has 0 radical (unpaired) electrons. The third kappa shape index (κ3) is 10.3. The zero-order chi connectivity index (χ0) is 27.3. The number of nitrogens with zero attached hydrogens (tertiary/aromatic N) is 2. The van der Waals surface area contributed by atoms with Gasteiger partial charge in [0.15, 0.2) is 11.4 Å². The Morgan fingerprint density at radius 1 is 0.525 bits per heavy atom. The van der Waals surface area contributed by atoms with Gasteiger partial charge in [-0.3, -0.25) is 0 Å². The van der Waals surface area contributed by atoms with E-state index in [9.17, 15) is 0 Å². The lowest BCUT2D eigenvalue weighted by atomic mass is 10.1. The summed E-state index contributed by atoms with van der Waals surface area (Å²) in [6.07, 6.45) is 13.3. The Labute approximate surface area is 277 Å². The van der Waals surface area contributed by atoms with Gasteiger partial charge in [-0.2, -0.15) is 9.13 Å². The number of benzene rings is 2. The summed E-state index contributed by atoms with van der Waals surface area (Å²) in [6, 6.07) is 21.0. The van der Waals surface area contributed by atoms with Crippen LogP contribution >= 0.6 is 0 Å². The van der Waals surface area contributed by atoms with Crippen LogP contribution < -0.4 is 68.6 Å². The van der Waals surface area contributed by atoms with Gasteiger partial charge < -0.3 is 59.4 Å². The highest BCUT2D eigenvalue weighted by Gasteiger charge is 2.15. The molecule has 4 aromatic rings. The first-order valence-corrected chi connectivity index (χ1v) is 14.8. The SMILES string of the molecule is CCCCCCCCCC[n+]1c(C)cc(N)c2ccccc21.CCCC[n+]1c(C)cc(N)c2ccccc21.[I-].[I-]. The zero-order valence-corrected chi connectivity index (χ0v) is 29.4. The molecule has 6 heteroatoms. The third-order valence-corrected chi connectivity index (χ3v) is 7.56. The fourth-order valence-electron chi connectivity index (χ4n) is 5.36. The number of hydrogen-bond donors (Lipinski definition) is 2. The molecule has 0 bridgehead atoms. The fourth-order valence-corrected chi connectivity index (χ4v) is 5.36. The van der Waals surface area contributed by atoms with E-state index in [1.165, 1.54) is 92.0 Å². The second-order valence-electron chi connectivity index (χ2n) is 10.6. The Morgan fingerprint density at radius 3 is 1.35 bits per heavy atom. The summed E-state index contributed by atoms with van der Waals surface area (Å²) in [7, 11) is 0. The van der Waals surface area contributed by atoms with Crippen molar-refractivity contribution in [3.05, 3.63) is 72.1 Å². The van der Waals surface area contributed by atoms with Crippen molar-refractivity contribution in [1.29, 1.82) is 0 Å². The quantitative estimate of drug-likeness (QED) is 0.132. The first-order valence-electron chi connectivity index (χ1n) is 14.8. The average molecular weight is 769 g/mol. The van der Waals surface area contributed by atoms with Crippen LogP contribution in [0.2, 0.25) is 0 Å². The van der Waals surface area contributed by atoms with E-state index in [1.54, 1.807) is 0 Å². The molecule has 0 saturated heterocycles. The molecule has 0 amide bonds. The molecule has 2 aromatic carbocycles. The van der Waals surface area contributed by atoms with Crippen LogP contribution in [0, 0.1) is 13.8 Å². The van der Waals surface area contributed by atoms with Gasteiger partial charge in [0, 0.05) is 51.0 Å². The maximum atomic E-state index is 6.15. The van der Waals surface area contributed by atoms with Crippen molar-refractivity contribution >= 4 is 33.2 Å². The van der Waals surface area contributed by atoms with Gasteiger partial charge in [0.1, 0.15) is 13.1 Å². The third-order valence-electron chi connectivity index (χ3n) is 7.56. The molecule has 0 unspecified atom stereocenters. The van der Waals surface area contributed by atoms with E-state index >= 15 is 0 Å². The van der Waals surface area contributed by atoms with E-state index in [0.29, 0.717) is 0 Å². The molecule has 0 aliphatic carbocycles. The van der Waals surface area contributed by atoms with Crippen LogP contribution in [0.4, 0.5) is 11.4 Å². The predicted octanol–water partition coefficient (Wildman–Crippen LogP) is 1.98. The highest BCUT2D eigenvalue weighted by atomic mass is 127. The van der Waals surface area contributed by atoms with E-state index in [2.05, 4.69) is 91.4 Å². The van der Waals surface area contributed by atoms with Crippen LogP contribution in [0.3, 0.4) is 0 Å². The number of hydrogen-bond acceptors (Lipinski definition) is 2. The molecule has 0 spiro atoms. The highest BCUT2D eigenvalue weighted by molar-refractivity contribution is 5.88. The molecule has 4 N–H and O–H groups in total. The standard InChI is InChI=1S/C20H30N2.C14H18N2.2HI/c1-3-4-5-6-7-8-9-12-15-22-17(2)16-19(21)18-13-10-11-14-20(18)22;1-3-4-9-16-11(2)10-13(15)12-7-5-6-8-14(12)16;;/h10-11,13-14,16,21H,3-9,12,15H2,1-2H3;5-8,10,15H,3-4,9H2,1-2H3;2*1H. The van der Waals surface area contributed by atoms with E-state index in [1.807, 2.05) is 6.07 Å². The van der Waals surface area contributed by atoms with Crippen molar-refractivity contribution in [2.45, 2.75) is 105 Å². The number of nitrogens with two attached hydrogens (primary N) is 2. The number of nitrogen functional groups attached to an aromatic ring is 2. The van der Waals surface area contributed by atoms with Gasteiger partial charge in [0.05, 0.1) is 22.1 Å². The van der Waals surface area contributed by atoms with Gasteiger partial charge in [-0.25, -0.2) is 0 Å². The van der Waals surface area contributed by atoms with Crippen LogP contribution in [-0.2, 0) is 13.1 Å². The van der Waals surface area contributed by atoms with Crippen LogP contribution in [0.15, 0.2) is 60.7 Å². The maximum Gasteiger partial charge on any atom is 0.214 e. The summed E-state index contributed by atoms with van der Waals surface area (Å²) >= 11 is 0. The fraction of sp³-hybridized carbons (Fsp3) is 0.471. The molecule has 0 aliphatic heterocycles. The molecular formula is C34H50I2N4. The van der Waals surface area contributed by atoms with E-state index in [4.69, 9.17) is 11.5 Å². The normalized spacial score (nSPS) is 10.5. The lowest BCUT2D eigenvalue weighted by molar-refractivity contribution is -0.678. The minimum atomic E-state index is 0. The molecule has 4 rings (SSSR count). The number of unbranched alkanes of at least 4 members (excludes halogenated alkanes) is 8. The average Bonchev–Trinajstić information content (AvgIpc) is 2.92. The van der Waals surface area contributed by atoms with E-state index in [0.717, 1.165) is 29.9 Å². The van der Waals surface area contributed by atoms with Crippen molar-refractivity contribution in [1.82, 2.24) is 0 Å². The Kier molecular flexibility index (Phi) is 17.7. The first-order chi connectivity index (χ1) is 18.5. The number of aromatic nitrogens is 2. The van der Waals surface area contributed by atoms with E-state index in [-0.39, 0.29) is 48.0 Å². The molecule has 2 aromatic heterocycles. The number of pyridine rings is 2. The van der Waals surface area contributed by atoms with Gasteiger partial charge in [-0.15, -0.1) is 0 Å². The van der Waals surface area contributed by atoms with Gasteiger partial charge >= 0.3 is 0 Å². The first kappa shape index (κ1) is 36.3. The topological polar surface area (TPSA) is 59.8 Å². The van der Waals surface area contributed by atoms with Crippen LogP contribution in [0.25, 0.3) is 21.8 Å². The van der Waals surface area contributed by atoms with Crippen LogP contribution in [0.1, 0.15) is 89.4 Å².